The van der Waals surface area contributed by atoms with Crippen LogP contribution in [0.5, 0.6) is 0 Å². The third-order valence-corrected chi connectivity index (χ3v) is 5.68. The summed E-state index contributed by atoms with van der Waals surface area (Å²) in [6, 6.07) is 13.4. The predicted molar refractivity (Wildman–Crippen MR) is 102 cm³/mol. The third-order valence-electron chi connectivity index (χ3n) is 5.68. The van der Waals surface area contributed by atoms with E-state index in [-0.39, 0.29) is 5.56 Å². The number of hydrogen-bond acceptors (Lipinski definition) is 2. The molecule has 2 nitrogen and oxygen atoms in total. The average molecular weight is 348 g/mol. The number of likely N-dealkylation sites (tertiary alicyclic amines) is 1. The van der Waals surface area contributed by atoms with E-state index >= 15 is 0 Å². The summed E-state index contributed by atoms with van der Waals surface area (Å²) >= 11 is 0. The molecule has 0 spiro atoms. The summed E-state index contributed by atoms with van der Waals surface area (Å²) < 4.78 is 14.2. The van der Waals surface area contributed by atoms with Crippen molar-refractivity contribution in [3.05, 3.63) is 58.9 Å². The number of benzene rings is 2. The molecule has 0 unspecified atom stereocenters. The monoisotopic (exact) mass is 348 g/mol. The van der Waals surface area contributed by atoms with E-state index in [0.717, 1.165) is 17.7 Å². The Balaban J connectivity index is 1.69. The molecule has 1 saturated carbocycles. The topological polar surface area (TPSA) is 27.0 Å². The van der Waals surface area contributed by atoms with Gasteiger partial charge in [0.15, 0.2) is 0 Å². The second-order valence-electron chi connectivity index (χ2n) is 7.65. The van der Waals surface area contributed by atoms with Gasteiger partial charge >= 0.3 is 0 Å². The number of halogens is 1. The molecule has 2 aliphatic rings. The van der Waals surface area contributed by atoms with Gasteiger partial charge in [-0.25, -0.2) is 4.39 Å². The second kappa shape index (κ2) is 7.60. The van der Waals surface area contributed by atoms with Crippen LogP contribution in [0.4, 0.5) is 4.39 Å². The van der Waals surface area contributed by atoms with Crippen molar-refractivity contribution >= 4 is 0 Å². The summed E-state index contributed by atoms with van der Waals surface area (Å²) in [6.07, 6.45) is 7.72. The summed E-state index contributed by atoms with van der Waals surface area (Å²) in [6.45, 7) is 3.36. The van der Waals surface area contributed by atoms with Crippen LogP contribution in [0, 0.1) is 17.1 Å². The maximum atomic E-state index is 14.2. The lowest BCUT2D eigenvalue weighted by Crippen LogP contribution is -2.24. The molecule has 2 aromatic rings. The normalized spacial score (nSPS) is 18.3. The zero-order valence-electron chi connectivity index (χ0n) is 15.2. The molecule has 0 radical (unpaired) electrons. The molecule has 3 heteroatoms. The van der Waals surface area contributed by atoms with Crippen LogP contribution in [0.25, 0.3) is 11.1 Å². The van der Waals surface area contributed by atoms with E-state index in [0.29, 0.717) is 5.92 Å². The number of nitrogens with zero attached hydrogens (tertiary/aromatic N) is 2. The van der Waals surface area contributed by atoms with E-state index in [1.807, 2.05) is 12.1 Å². The van der Waals surface area contributed by atoms with Gasteiger partial charge in [-0.3, -0.25) is 4.90 Å². The molecule has 0 aromatic heterocycles. The Morgan fingerprint density at radius 2 is 1.81 bits per heavy atom. The minimum absolute atomic E-state index is 0.113. The SMILES string of the molecule is N#Cc1ccc(-c2cccc(CN3CCCCCC3)c2C2CC2)cc1F. The fraction of sp³-hybridized carbons (Fsp3) is 0.435. The van der Waals surface area contributed by atoms with Crippen molar-refractivity contribution in [3.8, 4) is 17.2 Å². The lowest BCUT2D eigenvalue weighted by Gasteiger charge is -2.23. The van der Waals surface area contributed by atoms with Crippen LogP contribution < -0.4 is 0 Å². The van der Waals surface area contributed by atoms with E-state index in [1.165, 1.54) is 68.8 Å². The molecule has 26 heavy (non-hydrogen) atoms. The maximum absolute atomic E-state index is 14.2. The molecule has 0 N–H and O–H groups in total. The molecule has 0 atom stereocenters. The first-order valence-corrected chi connectivity index (χ1v) is 9.80. The number of rotatable bonds is 4. The minimum Gasteiger partial charge on any atom is -0.299 e. The lowest BCUT2D eigenvalue weighted by molar-refractivity contribution is 0.276. The average Bonchev–Trinajstić information content (AvgIpc) is 3.49. The van der Waals surface area contributed by atoms with Crippen LogP contribution in [0.15, 0.2) is 36.4 Å². The maximum Gasteiger partial charge on any atom is 0.141 e. The fourth-order valence-corrected chi connectivity index (χ4v) is 4.17. The zero-order valence-corrected chi connectivity index (χ0v) is 15.2. The van der Waals surface area contributed by atoms with Crippen molar-refractivity contribution in [1.82, 2.24) is 4.90 Å². The molecular weight excluding hydrogens is 323 g/mol. The molecular formula is C23H25FN2. The number of hydrogen-bond donors (Lipinski definition) is 0. The second-order valence-corrected chi connectivity index (χ2v) is 7.65. The standard InChI is InChI=1S/C23H25FN2/c24-22-14-18(10-11-19(22)15-25)21-7-5-6-20(23(21)17-8-9-17)16-26-12-3-1-2-4-13-26/h5-7,10-11,14,17H,1-4,8-9,12-13,16H2. The van der Waals surface area contributed by atoms with Crippen molar-refractivity contribution in [2.75, 3.05) is 13.1 Å². The van der Waals surface area contributed by atoms with Crippen LogP contribution in [-0.4, -0.2) is 18.0 Å². The van der Waals surface area contributed by atoms with Crippen molar-refractivity contribution in [1.29, 1.82) is 5.26 Å². The predicted octanol–water partition coefficient (Wildman–Crippen LogP) is 5.62. The summed E-state index contributed by atoms with van der Waals surface area (Å²) in [4.78, 5) is 2.58. The van der Waals surface area contributed by atoms with Crippen molar-refractivity contribution in [2.45, 2.75) is 51.0 Å². The molecule has 134 valence electrons. The Hall–Kier alpha value is -2.18. The Kier molecular flexibility index (Phi) is 5.04. The van der Waals surface area contributed by atoms with Gasteiger partial charge in [0.25, 0.3) is 0 Å². The first-order valence-electron chi connectivity index (χ1n) is 9.80. The summed E-state index contributed by atoms with van der Waals surface area (Å²) in [5, 5.41) is 8.99. The molecule has 0 bridgehead atoms. The highest BCUT2D eigenvalue weighted by atomic mass is 19.1. The quantitative estimate of drug-likeness (QED) is 0.717. The van der Waals surface area contributed by atoms with E-state index in [9.17, 15) is 4.39 Å². The largest absolute Gasteiger partial charge is 0.299 e. The van der Waals surface area contributed by atoms with E-state index in [4.69, 9.17) is 5.26 Å². The Morgan fingerprint density at radius 3 is 2.46 bits per heavy atom. The van der Waals surface area contributed by atoms with Gasteiger partial charge in [0.2, 0.25) is 0 Å². The molecule has 2 aromatic carbocycles. The molecule has 1 heterocycles. The smallest absolute Gasteiger partial charge is 0.141 e. The highest BCUT2D eigenvalue weighted by molar-refractivity contribution is 5.71. The molecule has 0 amide bonds. The first-order chi connectivity index (χ1) is 12.8. The summed E-state index contributed by atoms with van der Waals surface area (Å²) in [5.74, 6) is 0.177. The van der Waals surface area contributed by atoms with Crippen LogP contribution in [0.2, 0.25) is 0 Å². The van der Waals surface area contributed by atoms with Crippen molar-refractivity contribution in [3.63, 3.8) is 0 Å². The van der Waals surface area contributed by atoms with Gasteiger partial charge in [0.1, 0.15) is 11.9 Å². The van der Waals surface area contributed by atoms with Gasteiger partial charge in [0, 0.05) is 6.54 Å². The summed E-state index contributed by atoms with van der Waals surface area (Å²) in [5.41, 5.74) is 4.95. The Bertz CT molecular complexity index is 825. The highest BCUT2D eigenvalue weighted by Gasteiger charge is 2.29. The minimum atomic E-state index is -0.426. The van der Waals surface area contributed by atoms with Gasteiger partial charge in [-0.2, -0.15) is 5.26 Å². The highest BCUT2D eigenvalue weighted by Crippen LogP contribution is 2.46. The lowest BCUT2D eigenvalue weighted by atomic mass is 9.91. The van der Waals surface area contributed by atoms with Gasteiger partial charge in [-0.05, 0) is 79.1 Å². The molecule has 1 aliphatic carbocycles. The molecule has 1 aliphatic heterocycles. The fourth-order valence-electron chi connectivity index (χ4n) is 4.17. The van der Waals surface area contributed by atoms with Crippen LogP contribution in [-0.2, 0) is 6.54 Å². The van der Waals surface area contributed by atoms with Crippen LogP contribution >= 0.6 is 0 Å². The van der Waals surface area contributed by atoms with Crippen molar-refractivity contribution in [2.24, 2.45) is 0 Å². The molecule has 4 rings (SSSR count). The molecule has 2 fully saturated rings. The van der Waals surface area contributed by atoms with Gasteiger partial charge in [-0.1, -0.05) is 37.1 Å². The summed E-state index contributed by atoms with van der Waals surface area (Å²) in [7, 11) is 0. The van der Waals surface area contributed by atoms with Crippen LogP contribution in [0.1, 0.15) is 61.1 Å². The van der Waals surface area contributed by atoms with Gasteiger partial charge in [0.05, 0.1) is 5.56 Å². The van der Waals surface area contributed by atoms with Gasteiger partial charge < -0.3 is 0 Å². The zero-order chi connectivity index (χ0) is 17.9. The van der Waals surface area contributed by atoms with Crippen LogP contribution in [0.3, 0.4) is 0 Å². The molecule has 1 saturated heterocycles. The first kappa shape index (κ1) is 17.2. The Labute approximate surface area is 155 Å². The third kappa shape index (κ3) is 3.66. The van der Waals surface area contributed by atoms with E-state index < -0.39 is 5.82 Å². The Morgan fingerprint density at radius 1 is 1.04 bits per heavy atom. The van der Waals surface area contributed by atoms with E-state index in [1.54, 1.807) is 6.07 Å². The number of nitriles is 1. The van der Waals surface area contributed by atoms with Crippen molar-refractivity contribution < 1.29 is 4.39 Å². The van der Waals surface area contributed by atoms with Gasteiger partial charge in [-0.15, -0.1) is 0 Å². The van der Waals surface area contributed by atoms with E-state index in [2.05, 4.69) is 23.1 Å².